The van der Waals surface area contributed by atoms with Gasteiger partial charge in [-0.15, -0.1) is 0 Å². The van der Waals surface area contributed by atoms with Gasteiger partial charge in [-0.25, -0.2) is 0 Å². The van der Waals surface area contributed by atoms with Gasteiger partial charge in [0.05, 0.1) is 5.41 Å². The van der Waals surface area contributed by atoms with E-state index in [-0.39, 0.29) is 12.3 Å². The van der Waals surface area contributed by atoms with Gasteiger partial charge in [0, 0.05) is 13.0 Å². The molecule has 2 unspecified atom stereocenters. The third-order valence-electron chi connectivity index (χ3n) is 3.50. The molecule has 2 N–H and O–H groups in total. The molecule has 0 heterocycles. The van der Waals surface area contributed by atoms with Crippen LogP contribution in [-0.4, -0.2) is 35.5 Å². The van der Waals surface area contributed by atoms with Gasteiger partial charge in [-0.05, 0) is 30.4 Å². The number of carboxylic acids is 1. The highest BCUT2D eigenvalue weighted by atomic mass is 32.2. The zero-order valence-corrected chi connectivity index (χ0v) is 13.6. The number of thioether (sulfide) groups is 1. The predicted octanol–water partition coefficient (Wildman–Crippen LogP) is 2.53. The first kappa shape index (κ1) is 17.6. The summed E-state index contributed by atoms with van der Waals surface area (Å²) in [5, 5.41) is 12.3. The number of carbonyl (C=O) groups is 2. The number of aliphatic carboxylic acids is 1. The van der Waals surface area contributed by atoms with Gasteiger partial charge in [0.15, 0.2) is 0 Å². The van der Waals surface area contributed by atoms with Crippen LogP contribution >= 0.6 is 11.8 Å². The summed E-state index contributed by atoms with van der Waals surface area (Å²) in [6, 6.07) is 8.90. The normalized spacial score (nSPS) is 15.0. The molecule has 116 valence electrons. The molecule has 21 heavy (non-hydrogen) atoms. The Morgan fingerprint density at radius 1 is 1.33 bits per heavy atom. The van der Waals surface area contributed by atoms with E-state index in [0.29, 0.717) is 18.0 Å². The van der Waals surface area contributed by atoms with Gasteiger partial charge in [0.25, 0.3) is 0 Å². The van der Waals surface area contributed by atoms with Crippen LogP contribution in [0, 0.1) is 5.92 Å². The second-order valence-corrected chi connectivity index (χ2v) is 6.46. The van der Waals surface area contributed by atoms with Crippen LogP contribution in [0.25, 0.3) is 0 Å². The van der Waals surface area contributed by atoms with Gasteiger partial charge in [-0.2, -0.15) is 11.8 Å². The average Bonchev–Trinajstić information content (AvgIpc) is 2.46. The highest BCUT2D eigenvalue weighted by Crippen LogP contribution is 2.27. The van der Waals surface area contributed by atoms with Gasteiger partial charge < -0.3 is 10.4 Å². The summed E-state index contributed by atoms with van der Waals surface area (Å²) < 4.78 is 0. The van der Waals surface area contributed by atoms with Crippen molar-refractivity contribution in [2.24, 2.45) is 5.92 Å². The summed E-state index contributed by atoms with van der Waals surface area (Å²) in [5.41, 5.74) is -0.557. The summed E-state index contributed by atoms with van der Waals surface area (Å²) in [5.74, 6) is 0.129. The van der Waals surface area contributed by atoms with Crippen molar-refractivity contribution < 1.29 is 14.7 Å². The lowest BCUT2D eigenvalue weighted by molar-refractivity contribution is -0.145. The molecule has 0 aliphatic rings. The van der Waals surface area contributed by atoms with E-state index < -0.39 is 11.4 Å². The first-order chi connectivity index (χ1) is 9.90. The lowest BCUT2D eigenvalue weighted by Gasteiger charge is -2.25. The Morgan fingerprint density at radius 2 is 1.95 bits per heavy atom. The van der Waals surface area contributed by atoms with Gasteiger partial charge >= 0.3 is 5.97 Å². The average molecular weight is 309 g/mol. The van der Waals surface area contributed by atoms with E-state index >= 15 is 0 Å². The van der Waals surface area contributed by atoms with E-state index in [9.17, 15) is 14.7 Å². The van der Waals surface area contributed by atoms with Crippen molar-refractivity contribution in [1.82, 2.24) is 5.32 Å². The standard InChI is InChI=1S/C16H23NO3S/c1-12(11-21-3)10-17-14(18)9-16(2,15(19)20)13-7-5-4-6-8-13/h4-8,12H,9-11H2,1-3H3,(H,17,18)(H,19,20). The molecule has 1 amide bonds. The number of carboxylic acid groups (broad SMARTS) is 1. The van der Waals surface area contributed by atoms with Crippen LogP contribution in [-0.2, 0) is 15.0 Å². The zero-order chi connectivity index (χ0) is 15.9. The van der Waals surface area contributed by atoms with E-state index in [4.69, 9.17) is 0 Å². The van der Waals surface area contributed by atoms with E-state index in [2.05, 4.69) is 12.2 Å². The number of benzene rings is 1. The molecule has 1 aromatic rings. The second-order valence-electron chi connectivity index (χ2n) is 5.54. The van der Waals surface area contributed by atoms with E-state index in [1.807, 2.05) is 12.3 Å². The van der Waals surface area contributed by atoms with Crippen LogP contribution in [0.4, 0.5) is 0 Å². The van der Waals surface area contributed by atoms with Gasteiger partial charge in [0.2, 0.25) is 5.91 Å². The van der Waals surface area contributed by atoms with Gasteiger partial charge in [-0.1, -0.05) is 37.3 Å². The van der Waals surface area contributed by atoms with Crippen LogP contribution in [0.5, 0.6) is 0 Å². The maximum atomic E-state index is 12.1. The Morgan fingerprint density at radius 3 is 2.48 bits per heavy atom. The molecule has 0 fully saturated rings. The van der Waals surface area contributed by atoms with E-state index in [1.54, 1.807) is 43.0 Å². The number of rotatable bonds is 8. The van der Waals surface area contributed by atoms with Crippen molar-refractivity contribution in [3.05, 3.63) is 35.9 Å². The molecular formula is C16H23NO3S. The minimum Gasteiger partial charge on any atom is -0.481 e. The molecule has 0 saturated heterocycles. The van der Waals surface area contributed by atoms with Crippen molar-refractivity contribution in [3.8, 4) is 0 Å². The number of nitrogens with one attached hydrogen (secondary N) is 1. The Labute approximate surface area is 130 Å². The molecule has 0 saturated carbocycles. The molecule has 4 nitrogen and oxygen atoms in total. The zero-order valence-electron chi connectivity index (χ0n) is 12.8. The quantitative estimate of drug-likeness (QED) is 0.774. The molecule has 0 spiro atoms. The van der Waals surface area contributed by atoms with Crippen LogP contribution in [0.15, 0.2) is 30.3 Å². The molecule has 0 aliphatic carbocycles. The maximum absolute atomic E-state index is 12.1. The van der Waals surface area contributed by atoms with Gasteiger partial charge in [0.1, 0.15) is 0 Å². The van der Waals surface area contributed by atoms with Crippen molar-refractivity contribution >= 4 is 23.6 Å². The topological polar surface area (TPSA) is 66.4 Å². The Kier molecular flexibility index (Phi) is 6.75. The second kappa shape index (κ2) is 8.08. The Balaban J connectivity index is 2.71. The molecule has 0 radical (unpaired) electrons. The van der Waals surface area contributed by atoms with Crippen molar-refractivity contribution in [3.63, 3.8) is 0 Å². The summed E-state index contributed by atoms with van der Waals surface area (Å²) >= 11 is 1.73. The largest absolute Gasteiger partial charge is 0.481 e. The third-order valence-corrected chi connectivity index (χ3v) is 4.40. The first-order valence-corrected chi connectivity index (χ1v) is 8.34. The summed E-state index contributed by atoms with van der Waals surface area (Å²) in [7, 11) is 0. The molecule has 1 rings (SSSR count). The van der Waals surface area contributed by atoms with Crippen LogP contribution in [0.1, 0.15) is 25.8 Å². The van der Waals surface area contributed by atoms with Crippen molar-refractivity contribution in [1.29, 1.82) is 0 Å². The predicted molar refractivity (Wildman–Crippen MR) is 86.6 cm³/mol. The SMILES string of the molecule is CSCC(C)CNC(=O)CC(C)(C(=O)O)c1ccccc1. The van der Waals surface area contributed by atoms with Crippen molar-refractivity contribution in [2.45, 2.75) is 25.7 Å². The molecule has 5 heteroatoms. The molecule has 0 bridgehead atoms. The Hall–Kier alpha value is -1.49. The van der Waals surface area contributed by atoms with Crippen molar-refractivity contribution in [2.75, 3.05) is 18.6 Å². The highest BCUT2D eigenvalue weighted by molar-refractivity contribution is 7.98. The lowest BCUT2D eigenvalue weighted by atomic mass is 9.79. The smallest absolute Gasteiger partial charge is 0.314 e. The summed E-state index contributed by atoms with van der Waals surface area (Å²) in [6.45, 7) is 4.23. The fourth-order valence-electron chi connectivity index (χ4n) is 2.12. The lowest BCUT2D eigenvalue weighted by Crippen LogP contribution is -2.40. The maximum Gasteiger partial charge on any atom is 0.314 e. The van der Waals surface area contributed by atoms with E-state index in [0.717, 1.165) is 5.75 Å². The molecule has 2 atom stereocenters. The summed E-state index contributed by atoms with van der Waals surface area (Å²) in [4.78, 5) is 23.7. The number of carbonyl (C=O) groups excluding carboxylic acids is 1. The molecule has 0 aromatic heterocycles. The van der Waals surface area contributed by atoms with Crippen LogP contribution in [0.2, 0.25) is 0 Å². The minimum absolute atomic E-state index is 0.0572. The van der Waals surface area contributed by atoms with Crippen LogP contribution < -0.4 is 5.32 Å². The fraction of sp³-hybridized carbons (Fsp3) is 0.500. The number of hydrogen-bond donors (Lipinski definition) is 2. The summed E-state index contributed by atoms with van der Waals surface area (Å²) in [6.07, 6.45) is 1.97. The number of amides is 1. The third kappa shape index (κ3) is 5.08. The minimum atomic E-state index is -1.20. The number of hydrogen-bond acceptors (Lipinski definition) is 3. The van der Waals surface area contributed by atoms with Gasteiger partial charge in [-0.3, -0.25) is 9.59 Å². The first-order valence-electron chi connectivity index (χ1n) is 6.94. The fourth-order valence-corrected chi connectivity index (χ4v) is 2.81. The Bertz CT molecular complexity index is 478. The van der Waals surface area contributed by atoms with E-state index in [1.165, 1.54) is 0 Å². The molecular weight excluding hydrogens is 286 g/mol. The highest BCUT2D eigenvalue weighted by Gasteiger charge is 2.37. The monoisotopic (exact) mass is 309 g/mol. The molecule has 0 aliphatic heterocycles. The molecule has 1 aromatic carbocycles. The van der Waals surface area contributed by atoms with Crippen LogP contribution in [0.3, 0.4) is 0 Å².